The molecule has 0 spiro atoms. The van der Waals surface area contributed by atoms with Crippen LogP contribution in [0.4, 0.5) is 13.2 Å². The highest BCUT2D eigenvalue weighted by atomic mass is 19.4. The summed E-state index contributed by atoms with van der Waals surface area (Å²) >= 11 is 0. The van der Waals surface area contributed by atoms with Crippen molar-refractivity contribution in [2.24, 2.45) is 0 Å². The lowest BCUT2D eigenvalue weighted by atomic mass is 10.0. The van der Waals surface area contributed by atoms with Crippen molar-refractivity contribution in [3.05, 3.63) is 35.4 Å². The van der Waals surface area contributed by atoms with Gasteiger partial charge < -0.3 is 0 Å². The van der Waals surface area contributed by atoms with Crippen molar-refractivity contribution in [3.8, 4) is 0 Å². The average molecular weight is 244 g/mol. The maximum absolute atomic E-state index is 12.4. The van der Waals surface area contributed by atoms with Crippen molar-refractivity contribution >= 4 is 0 Å². The highest BCUT2D eigenvalue weighted by molar-refractivity contribution is 5.25. The van der Waals surface area contributed by atoms with Crippen LogP contribution in [0.2, 0.25) is 0 Å². The topological polar surface area (TPSA) is 23.8 Å². The van der Waals surface area contributed by atoms with Gasteiger partial charge in [0.05, 0.1) is 5.56 Å². The molecular formula is C13H17F3N. The van der Waals surface area contributed by atoms with Crippen molar-refractivity contribution < 1.29 is 13.2 Å². The number of rotatable bonds is 6. The molecule has 95 valence electrons. The van der Waals surface area contributed by atoms with Gasteiger partial charge in [0.1, 0.15) is 0 Å². The second kappa shape index (κ2) is 6.64. The molecule has 0 unspecified atom stereocenters. The minimum absolute atomic E-state index is 0.434. The van der Waals surface area contributed by atoms with Gasteiger partial charge >= 0.3 is 6.18 Å². The Balaban J connectivity index is 2.44. The smallest absolute Gasteiger partial charge is 0.258 e. The van der Waals surface area contributed by atoms with E-state index in [9.17, 15) is 13.2 Å². The van der Waals surface area contributed by atoms with Crippen LogP contribution in [0, 0.1) is 0 Å². The maximum Gasteiger partial charge on any atom is 0.416 e. The molecule has 1 radical (unpaired) electrons. The molecule has 1 N–H and O–H groups in total. The third-order valence-corrected chi connectivity index (χ3v) is 2.65. The van der Waals surface area contributed by atoms with E-state index >= 15 is 0 Å². The number of hydrogen-bond acceptors (Lipinski definition) is 0. The van der Waals surface area contributed by atoms with E-state index in [2.05, 4.69) is 0 Å². The van der Waals surface area contributed by atoms with E-state index in [1.165, 1.54) is 12.1 Å². The van der Waals surface area contributed by atoms with Crippen LogP contribution in [0.5, 0.6) is 0 Å². The number of aryl methyl sites for hydroxylation is 1. The van der Waals surface area contributed by atoms with Crippen LogP contribution in [0.3, 0.4) is 0 Å². The van der Waals surface area contributed by atoms with Gasteiger partial charge in [-0.05, 0) is 30.9 Å². The Hall–Kier alpha value is -1.03. The van der Waals surface area contributed by atoms with Crippen LogP contribution in [0.15, 0.2) is 24.3 Å². The number of benzene rings is 1. The molecule has 1 aromatic rings. The van der Waals surface area contributed by atoms with Crippen LogP contribution in [-0.4, -0.2) is 6.54 Å². The third kappa shape index (κ3) is 5.22. The zero-order valence-corrected chi connectivity index (χ0v) is 9.69. The molecule has 0 amide bonds. The number of nitrogens with one attached hydrogen (secondary N) is 1. The standard InChI is InChI=1S/C13H17F3N/c14-13(15,16)12-8-5-7-11(10-12)6-3-1-2-4-9-17/h5,7-8,10,17H,1-4,6,9H2. The monoisotopic (exact) mass is 244 g/mol. The van der Waals surface area contributed by atoms with Crippen LogP contribution >= 0.6 is 0 Å². The summed E-state index contributed by atoms with van der Waals surface area (Å²) in [4.78, 5) is 0. The molecule has 0 aliphatic rings. The molecule has 17 heavy (non-hydrogen) atoms. The molecule has 1 nitrogen and oxygen atoms in total. The Bertz CT molecular complexity index is 334. The van der Waals surface area contributed by atoms with E-state index in [1.807, 2.05) is 0 Å². The second-order valence-electron chi connectivity index (χ2n) is 4.11. The average Bonchev–Trinajstić information content (AvgIpc) is 2.28. The number of unbranched alkanes of at least 4 members (excludes halogenated alkanes) is 3. The Kier molecular flexibility index (Phi) is 5.48. The lowest BCUT2D eigenvalue weighted by molar-refractivity contribution is -0.137. The molecule has 1 aromatic carbocycles. The van der Waals surface area contributed by atoms with Gasteiger partial charge in [-0.2, -0.15) is 13.2 Å². The predicted molar refractivity (Wildman–Crippen MR) is 61.6 cm³/mol. The van der Waals surface area contributed by atoms with E-state index in [1.54, 1.807) is 6.07 Å². The van der Waals surface area contributed by atoms with Crippen LogP contribution in [0.25, 0.3) is 0 Å². The van der Waals surface area contributed by atoms with E-state index in [0.717, 1.165) is 37.3 Å². The lowest BCUT2D eigenvalue weighted by Gasteiger charge is -2.08. The van der Waals surface area contributed by atoms with Gasteiger partial charge in [0, 0.05) is 6.54 Å². The molecule has 0 fully saturated rings. The lowest BCUT2D eigenvalue weighted by Crippen LogP contribution is -2.05. The largest absolute Gasteiger partial charge is 0.416 e. The number of halogens is 3. The molecular weight excluding hydrogens is 227 g/mol. The van der Waals surface area contributed by atoms with Crippen LogP contribution < -0.4 is 5.73 Å². The number of hydrogen-bond donors (Lipinski definition) is 0. The molecule has 1 rings (SSSR count). The molecule has 0 aliphatic heterocycles. The Morgan fingerprint density at radius 2 is 1.71 bits per heavy atom. The zero-order chi connectivity index (χ0) is 12.7. The van der Waals surface area contributed by atoms with Gasteiger partial charge in [-0.15, -0.1) is 0 Å². The van der Waals surface area contributed by atoms with E-state index in [0.29, 0.717) is 13.0 Å². The Labute approximate surface area is 99.8 Å². The molecule has 0 saturated heterocycles. The summed E-state index contributed by atoms with van der Waals surface area (Å²) < 4.78 is 37.3. The van der Waals surface area contributed by atoms with Gasteiger partial charge in [0.2, 0.25) is 0 Å². The minimum atomic E-state index is -4.25. The van der Waals surface area contributed by atoms with E-state index < -0.39 is 11.7 Å². The molecule has 0 aromatic heterocycles. The SMILES string of the molecule is [NH]CCCCCCc1cccc(C(F)(F)F)c1. The predicted octanol–water partition coefficient (Wildman–Crippen LogP) is 4.09. The maximum atomic E-state index is 12.4. The Morgan fingerprint density at radius 3 is 2.35 bits per heavy atom. The van der Waals surface area contributed by atoms with Gasteiger partial charge in [0.25, 0.3) is 0 Å². The first-order valence-electron chi connectivity index (χ1n) is 5.85. The molecule has 0 heterocycles. The van der Waals surface area contributed by atoms with Gasteiger partial charge in [-0.3, -0.25) is 5.73 Å². The fourth-order valence-corrected chi connectivity index (χ4v) is 1.71. The molecule has 0 atom stereocenters. The summed E-state index contributed by atoms with van der Waals surface area (Å²) in [5, 5.41) is 0. The van der Waals surface area contributed by atoms with Crippen molar-refractivity contribution in [1.29, 1.82) is 0 Å². The van der Waals surface area contributed by atoms with Crippen molar-refractivity contribution in [1.82, 2.24) is 5.73 Å². The summed E-state index contributed by atoms with van der Waals surface area (Å²) in [7, 11) is 0. The van der Waals surface area contributed by atoms with Crippen molar-refractivity contribution in [2.45, 2.75) is 38.3 Å². The quantitative estimate of drug-likeness (QED) is 0.673. The first kappa shape index (κ1) is 14.0. The first-order valence-corrected chi connectivity index (χ1v) is 5.85. The van der Waals surface area contributed by atoms with E-state index in [-0.39, 0.29) is 0 Å². The van der Waals surface area contributed by atoms with Crippen molar-refractivity contribution in [2.75, 3.05) is 6.54 Å². The molecule has 0 saturated carbocycles. The molecule has 0 aliphatic carbocycles. The molecule has 4 heteroatoms. The molecule has 0 bridgehead atoms. The van der Waals surface area contributed by atoms with E-state index in [4.69, 9.17) is 5.73 Å². The number of alkyl halides is 3. The van der Waals surface area contributed by atoms with Crippen LogP contribution in [0.1, 0.15) is 36.8 Å². The zero-order valence-electron chi connectivity index (χ0n) is 9.69. The normalized spacial score (nSPS) is 11.8. The van der Waals surface area contributed by atoms with Gasteiger partial charge in [-0.1, -0.05) is 31.0 Å². The summed E-state index contributed by atoms with van der Waals surface area (Å²) in [5.74, 6) is 0. The third-order valence-electron chi connectivity index (χ3n) is 2.65. The van der Waals surface area contributed by atoms with Crippen molar-refractivity contribution in [3.63, 3.8) is 0 Å². The second-order valence-corrected chi connectivity index (χ2v) is 4.11. The summed E-state index contributed by atoms with van der Waals surface area (Å²) in [5.41, 5.74) is 7.15. The summed E-state index contributed by atoms with van der Waals surface area (Å²) in [6.07, 6.45) is 0.171. The van der Waals surface area contributed by atoms with Crippen LogP contribution in [-0.2, 0) is 12.6 Å². The highest BCUT2D eigenvalue weighted by Crippen LogP contribution is 2.29. The summed E-state index contributed by atoms with van der Waals surface area (Å²) in [6.45, 7) is 0.434. The summed E-state index contributed by atoms with van der Waals surface area (Å²) in [6, 6.07) is 5.52. The van der Waals surface area contributed by atoms with Gasteiger partial charge in [-0.25, -0.2) is 0 Å². The fourth-order valence-electron chi connectivity index (χ4n) is 1.71. The first-order chi connectivity index (χ1) is 8.04. The Morgan fingerprint density at radius 1 is 1.00 bits per heavy atom. The minimum Gasteiger partial charge on any atom is -0.258 e. The highest BCUT2D eigenvalue weighted by Gasteiger charge is 2.30. The fraction of sp³-hybridized carbons (Fsp3) is 0.538. The van der Waals surface area contributed by atoms with Gasteiger partial charge in [0.15, 0.2) is 0 Å².